The maximum Gasteiger partial charge on any atom is 0.224 e. The lowest BCUT2D eigenvalue weighted by molar-refractivity contribution is 1.05. The first kappa shape index (κ1) is 14.3. The molecular weight excluding hydrogens is 372 g/mol. The topological polar surface area (TPSA) is 49.8 Å². The number of halogens is 2. The van der Waals surface area contributed by atoms with E-state index in [9.17, 15) is 0 Å². The van der Waals surface area contributed by atoms with Crippen molar-refractivity contribution in [2.75, 3.05) is 17.2 Å². The van der Waals surface area contributed by atoms with Gasteiger partial charge in [-0.3, -0.25) is 0 Å². The Morgan fingerprint density at radius 2 is 1.95 bits per heavy atom. The second kappa shape index (κ2) is 6.34. The van der Waals surface area contributed by atoms with E-state index < -0.39 is 0 Å². The van der Waals surface area contributed by atoms with E-state index in [1.807, 2.05) is 38.1 Å². The number of hydrogen-bond donors (Lipinski definition) is 2. The summed E-state index contributed by atoms with van der Waals surface area (Å²) in [4.78, 5) is 8.74. The maximum atomic E-state index is 4.42. The largest absolute Gasteiger partial charge is 0.354 e. The number of benzene rings is 1. The molecular formula is C13H14Br2N4. The van der Waals surface area contributed by atoms with Gasteiger partial charge in [-0.25, -0.2) is 4.98 Å². The molecule has 0 fully saturated rings. The summed E-state index contributed by atoms with van der Waals surface area (Å²) in [7, 11) is 0. The summed E-state index contributed by atoms with van der Waals surface area (Å²) in [5, 5.41) is 6.40. The molecule has 0 unspecified atom stereocenters. The molecule has 2 aromatic rings. The van der Waals surface area contributed by atoms with Gasteiger partial charge in [-0.15, -0.1) is 0 Å². The Hall–Kier alpha value is -1.14. The van der Waals surface area contributed by atoms with E-state index in [0.717, 1.165) is 32.7 Å². The zero-order chi connectivity index (χ0) is 13.8. The third-order valence-corrected chi connectivity index (χ3v) is 3.53. The molecule has 2 N–H and O–H groups in total. The van der Waals surface area contributed by atoms with Crippen molar-refractivity contribution in [1.82, 2.24) is 9.97 Å². The summed E-state index contributed by atoms with van der Waals surface area (Å²) in [6.07, 6.45) is 0. The van der Waals surface area contributed by atoms with Crippen LogP contribution in [0.25, 0.3) is 0 Å². The van der Waals surface area contributed by atoms with Crippen molar-refractivity contribution >= 4 is 49.3 Å². The van der Waals surface area contributed by atoms with Gasteiger partial charge in [-0.2, -0.15) is 4.98 Å². The molecule has 0 amide bonds. The van der Waals surface area contributed by atoms with Crippen LogP contribution in [0.15, 0.2) is 33.2 Å². The van der Waals surface area contributed by atoms with Crippen molar-refractivity contribution in [2.45, 2.75) is 13.8 Å². The molecule has 0 radical (unpaired) electrons. The number of nitrogens with zero attached hydrogens (tertiary/aromatic N) is 2. The van der Waals surface area contributed by atoms with Gasteiger partial charge in [0.15, 0.2) is 0 Å². The molecule has 0 spiro atoms. The van der Waals surface area contributed by atoms with Crippen LogP contribution >= 0.6 is 31.9 Å². The lowest BCUT2D eigenvalue weighted by Gasteiger charge is -2.10. The molecule has 1 aromatic carbocycles. The number of anilines is 3. The Morgan fingerprint density at radius 1 is 1.16 bits per heavy atom. The van der Waals surface area contributed by atoms with Crippen molar-refractivity contribution in [3.63, 3.8) is 0 Å². The van der Waals surface area contributed by atoms with Gasteiger partial charge in [-0.05, 0) is 48.0 Å². The Bertz CT molecular complexity index is 587. The summed E-state index contributed by atoms with van der Waals surface area (Å²) in [6.45, 7) is 4.76. The van der Waals surface area contributed by atoms with Crippen LogP contribution in [0.4, 0.5) is 17.5 Å². The van der Waals surface area contributed by atoms with Crippen LogP contribution in [-0.4, -0.2) is 16.5 Å². The first-order valence-corrected chi connectivity index (χ1v) is 7.48. The molecule has 19 heavy (non-hydrogen) atoms. The minimum absolute atomic E-state index is 0.637. The highest BCUT2D eigenvalue weighted by Gasteiger charge is 2.05. The first-order valence-electron chi connectivity index (χ1n) is 5.90. The van der Waals surface area contributed by atoms with Crippen LogP contribution in [0.2, 0.25) is 0 Å². The minimum Gasteiger partial charge on any atom is -0.354 e. The van der Waals surface area contributed by atoms with E-state index in [0.29, 0.717) is 5.95 Å². The van der Waals surface area contributed by atoms with E-state index in [1.54, 1.807) is 0 Å². The second-order valence-electron chi connectivity index (χ2n) is 4.00. The van der Waals surface area contributed by atoms with Gasteiger partial charge >= 0.3 is 0 Å². The van der Waals surface area contributed by atoms with Crippen LogP contribution in [0.1, 0.15) is 12.6 Å². The zero-order valence-electron chi connectivity index (χ0n) is 10.7. The molecule has 100 valence electrons. The first-order chi connectivity index (χ1) is 9.08. The minimum atomic E-state index is 0.637. The fraction of sp³-hybridized carbons (Fsp3) is 0.231. The highest BCUT2D eigenvalue weighted by Crippen LogP contribution is 2.28. The van der Waals surface area contributed by atoms with Gasteiger partial charge in [0.2, 0.25) is 5.95 Å². The normalized spacial score (nSPS) is 10.3. The van der Waals surface area contributed by atoms with Crippen LogP contribution in [-0.2, 0) is 0 Å². The number of hydrogen-bond acceptors (Lipinski definition) is 4. The number of rotatable bonds is 4. The molecule has 0 saturated heterocycles. The van der Waals surface area contributed by atoms with Gasteiger partial charge in [-0.1, -0.05) is 15.9 Å². The van der Waals surface area contributed by atoms with Crippen molar-refractivity contribution < 1.29 is 0 Å². The van der Waals surface area contributed by atoms with E-state index in [2.05, 4.69) is 52.5 Å². The van der Waals surface area contributed by atoms with E-state index in [4.69, 9.17) is 0 Å². The Balaban J connectivity index is 2.27. The molecule has 2 rings (SSSR count). The predicted molar refractivity (Wildman–Crippen MR) is 86.1 cm³/mol. The molecule has 1 heterocycles. The molecule has 0 atom stereocenters. The number of aromatic nitrogens is 2. The predicted octanol–water partition coefficient (Wildman–Crippen LogP) is 4.49. The highest BCUT2D eigenvalue weighted by molar-refractivity contribution is 9.11. The maximum absolute atomic E-state index is 4.42. The molecule has 0 aliphatic carbocycles. The summed E-state index contributed by atoms with van der Waals surface area (Å²) >= 11 is 6.95. The molecule has 4 nitrogen and oxygen atoms in total. The molecule has 1 aromatic heterocycles. The fourth-order valence-electron chi connectivity index (χ4n) is 1.60. The van der Waals surface area contributed by atoms with Gasteiger partial charge < -0.3 is 10.6 Å². The summed E-state index contributed by atoms with van der Waals surface area (Å²) in [5.41, 5.74) is 1.88. The van der Waals surface area contributed by atoms with E-state index in [-0.39, 0.29) is 0 Å². The third-order valence-electron chi connectivity index (χ3n) is 2.38. The van der Waals surface area contributed by atoms with Gasteiger partial charge in [0.05, 0.1) is 5.69 Å². The fourth-order valence-corrected chi connectivity index (χ4v) is 2.74. The molecule has 0 aliphatic heterocycles. The SMILES string of the molecule is CCNc1nc(C)cc(Nc2ccc(Br)cc2Br)n1. The highest BCUT2D eigenvalue weighted by atomic mass is 79.9. The third kappa shape index (κ3) is 3.91. The standard InChI is InChI=1S/C13H14Br2N4/c1-3-16-13-17-8(2)6-12(19-13)18-11-5-4-9(14)7-10(11)15/h4-7H,3H2,1-2H3,(H2,16,17,18,19). The number of aryl methyl sites for hydroxylation is 1. The monoisotopic (exact) mass is 384 g/mol. The average molecular weight is 386 g/mol. The van der Waals surface area contributed by atoms with Crippen molar-refractivity contribution in [2.24, 2.45) is 0 Å². The van der Waals surface area contributed by atoms with Crippen LogP contribution < -0.4 is 10.6 Å². The van der Waals surface area contributed by atoms with Gasteiger partial charge in [0, 0.05) is 27.3 Å². The summed E-state index contributed by atoms with van der Waals surface area (Å²) in [6, 6.07) is 7.86. The lowest BCUT2D eigenvalue weighted by Crippen LogP contribution is -2.05. The Labute approximate surface area is 129 Å². The summed E-state index contributed by atoms with van der Waals surface area (Å²) < 4.78 is 2.00. The Morgan fingerprint density at radius 3 is 2.63 bits per heavy atom. The zero-order valence-corrected chi connectivity index (χ0v) is 13.8. The number of nitrogens with one attached hydrogen (secondary N) is 2. The van der Waals surface area contributed by atoms with Crippen LogP contribution in [0.3, 0.4) is 0 Å². The van der Waals surface area contributed by atoms with E-state index in [1.165, 1.54) is 0 Å². The average Bonchev–Trinajstić information content (AvgIpc) is 2.32. The molecule has 0 aliphatic rings. The van der Waals surface area contributed by atoms with Crippen molar-refractivity contribution in [3.05, 3.63) is 38.9 Å². The molecule has 6 heteroatoms. The molecule has 0 saturated carbocycles. The quantitative estimate of drug-likeness (QED) is 0.814. The lowest BCUT2D eigenvalue weighted by atomic mass is 10.3. The van der Waals surface area contributed by atoms with E-state index >= 15 is 0 Å². The smallest absolute Gasteiger partial charge is 0.224 e. The van der Waals surface area contributed by atoms with Gasteiger partial charge in [0.25, 0.3) is 0 Å². The molecule has 0 bridgehead atoms. The van der Waals surface area contributed by atoms with Crippen LogP contribution in [0.5, 0.6) is 0 Å². The van der Waals surface area contributed by atoms with Crippen molar-refractivity contribution in [1.29, 1.82) is 0 Å². The van der Waals surface area contributed by atoms with Crippen molar-refractivity contribution in [3.8, 4) is 0 Å². The summed E-state index contributed by atoms with van der Waals surface area (Å²) in [5.74, 6) is 1.41. The van der Waals surface area contributed by atoms with Crippen LogP contribution in [0, 0.1) is 6.92 Å². The second-order valence-corrected chi connectivity index (χ2v) is 5.77. The Kier molecular flexibility index (Phi) is 4.76. The van der Waals surface area contributed by atoms with Gasteiger partial charge in [0.1, 0.15) is 5.82 Å².